The lowest BCUT2D eigenvalue weighted by atomic mass is 10.0. The highest BCUT2D eigenvalue weighted by atomic mass is 16.2. The number of amides is 4. The second kappa shape index (κ2) is 7.33. The van der Waals surface area contributed by atoms with Crippen molar-refractivity contribution in [3.63, 3.8) is 0 Å². The van der Waals surface area contributed by atoms with E-state index in [1.54, 1.807) is 22.9 Å². The highest BCUT2D eigenvalue weighted by molar-refractivity contribution is 6.39. The number of fused-ring (bicyclic) bond motifs is 1. The second-order valence-corrected chi connectivity index (χ2v) is 7.11. The number of nitrogens with zero attached hydrogens (tertiary/aromatic N) is 3. The number of nitriles is 1. The van der Waals surface area contributed by atoms with Gasteiger partial charge in [-0.15, -0.1) is 0 Å². The molecule has 1 saturated heterocycles. The summed E-state index contributed by atoms with van der Waals surface area (Å²) in [6.07, 6.45) is 3.19. The van der Waals surface area contributed by atoms with Gasteiger partial charge in [0.15, 0.2) is 0 Å². The van der Waals surface area contributed by atoms with Crippen molar-refractivity contribution in [3.05, 3.63) is 70.9 Å². The van der Waals surface area contributed by atoms with Gasteiger partial charge in [-0.1, -0.05) is 24.3 Å². The molecule has 7 nitrogen and oxygen atoms in total. The lowest BCUT2D eigenvalue weighted by Gasteiger charge is -2.26. The zero-order valence-electron chi connectivity index (χ0n) is 16.5. The summed E-state index contributed by atoms with van der Waals surface area (Å²) >= 11 is 0. The predicted octanol–water partition coefficient (Wildman–Crippen LogP) is 3.45. The minimum Gasteiger partial charge on any atom is -0.333 e. The molecule has 30 heavy (non-hydrogen) atoms. The Labute approximate surface area is 172 Å². The normalized spacial score (nSPS) is 15.6. The van der Waals surface area contributed by atoms with E-state index < -0.39 is 17.8 Å². The van der Waals surface area contributed by atoms with Crippen molar-refractivity contribution < 1.29 is 14.4 Å². The molecule has 2 heterocycles. The molecule has 2 aromatic carbocycles. The first-order valence-corrected chi connectivity index (χ1v) is 9.34. The molecule has 0 unspecified atom stereocenters. The molecule has 148 valence electrons. The highest BCUT2D eigenvalue weighted by Crippen LogP contribution is 2.27. The number of rotatable bonds is 3. The second-order valence-electron chi connectivity index (χ2n) is 7.11. The fraction of sp³-hybridized carbons (Fsp3) is 0.130. The zero-order valence-corrected chi connectivity index (χ0v) is 16.5. The van der Waals surface area contributed by atoms with Crippen LogP contribution >= 0.6 is 0 Å². The van der Waals surface area contributed by atoms with Gasteiger partial charge in [0.05, 0.1) is 11.8 Å². The molecular formula is C23H18N4O3. The third-order valence-electron chi connectivity index (χ3n) is 5.21. The molecule has 1 aliphatic heterocycles. The minimum absolute atomic E-state index is 0.136. The molecule has 4 rings (SSSR count). The average molecular weight is 398 g/mol. The number of para-hydroxylation sites is 1. The van der Waals surface area contributed by atoms with Crippen LogP contribution in [0.5, 0.6) is 0 Å². The van der Waals surface area contributed by atoms with E-state index in [0.717, 1.165) is 26.9 Å². The third-order valence-corrected chi connectivity index (χ3v) is 5.21. The smallest absolute Gasteiger partial charge is 0.333 e. The van der Waals surface area contributed by atoms with Gasteiger partial charge in [-0.2, -0.15) is 5.26 Å². The summed E-state index contributed by atoms with van der Waals surface area (Å²) in [6.45, 7) is 3.96. The molecule has 0 atom stereocenters. The van der Waals surface area contributed by atoms with E-state index in [4.69, 9.17) is 5.26 Å². The van der Waals surface area contributed by atoms with Gasteiger partial charge in [0.1, 0.15) is 12.1 Å². The van der Waals surface area contributed by atoms with E-state index in [1.807, 2.05) is 44.2 Å². The third kappa shape index (κ3) is 3.14. The number of barbiturate groups is 1. The zero-order chi connectivity index (χ0) is 21.4. The van der Waals surface area contributed by atoms with Crippen molar-refractivity contribution in [3.8, 4) is 6.07 Å². The number of hydrogen-bond acceptors (Lipinski definition) is 4. The largest absolute Gasteiger partial charge is 0.335 e. The predicted molar refractivity (Wildman–Crippen MR) is 112 cm³/mol. The fourth-order valence-corrected chi connectivity index (χ4v) is 3.51. The molecule has 0 spiro atoms. The van der Waals surface area contributed by atoms with Crippen molar-refractivity contribution in [2.24, 2.45) is 0 Å². The number of imide groups is 2. The number of hydrogen-bond donors (Lipinski definition) is 1. The first-order chi connectivity index (χ1) is 14.4. The van der Waals surface area contributed by atoms with Crippen LogP contribution in [0.1, 0.15) is 16.7 Å². The lowest BCUT2D eigenvalue weighted by Crippen LogP contribution is -2.54. The lowest BCUT2D eigenvalue weighted by molar-refractivity contribution is -0.122. The van der Waals surface area contributed by atoms with Gasteiger partial charge in [0.2, 0.25) is 0 Å². The summed E-state index contributed by atoms with van der Waals surface area (Å²) in [5, 5.41) is 12.1. The summed E-state index contributed by atoms with van der Waals surface area (Å²) in [6, 6.07) is 14.0. The van der Waals surface area contributed by atoms with E-state index in [1.165, 1.54) is 6.08 Å². The van der Waals surface area contributed by atoms with Gasteiger partial charge in [-0.25, -0.2) is 9.69 Å². The van der Waals surface area contributed by atoms with Gasteiger partial charge in [-0.05, 0) is 49.2 Å². The fourth-order valence-electron chi connectivity index (χ4n) is 3.51. The molecule has 0 aliphatic carbocycles. The van der Waals surface area contributed by atoms with E-state index in [-0.39, 0.29) is 12.1 Å². The summed E-state index contributed by atoms with van der Waals surface area (Å²) in [5.74, 6) is -1.44. The quantitative estimate of drug-likeness (QED) is 0.540. The SMILES string of the molecule is Cc1ccc(N2C(=O)NC(=O)/C(=C\c3cn(CC#N)c4ccccc34)C2=O)cc1C. The molecule has 4 amide bonds. The number of aryl methyl sites for hydroxylation is 2. The topological polar surface area (TPSA) is 95.2 Å². The summed E-state index contributed by atoms with van der Waals surface area (Å²) < 4.78 is 1.75. The van der Waals surface area contributed by atoms with Crippen molar-refractivity contribution in [2.75, 3.05) is 4.90 Å². The van der Waals surface area contributed by atoms with E-state index >= 15 is 0 Å². The van der Waals surface area contributed by atoms with Crippen LogP contribution in [-0.4, -0.2) is 22.4 Å². The minimum atomic E-state index is -0.780. The number of anilines is 1. The van der Waals surface area contributed by atoms with Crippen LogP contribution in [0, 0.1) is 25.2 Å². The number of carbonyl (C=O) groups is 3. The van der Waals surface area contributed by atoms with Crippen molar-refractivity contribution in [1.82, 2.24) is 9.88 Å². The Morgan fingerprint density at radius 2 is 1.83 bits per heavy atom. The summed E-state index contributed by atoms with van der Waals surface area (Å²) in [5.41, 5.74) is 3.64. The standard InChI is InChI=1S/C23H18N4O3/c1-14-7-8-17(11-15(14)2)27-22(29)19(21(28)25-23(27)30)12-16-13-26(10-9-24)20-6-4-3-5-18(16)20/h3-8,11-13H,10H2,1-2H3,(H,25,28,30)/b19-12+. The molecule has 0 saturated carbocycles. The Balaban J connectivity index is 1.81. The molecule has 3 aromatic rings. The van der Waals surface area contributed by atoms with E-state index in [0.29, 0.717) is 11.3 Å². The molecular weight excluding hydrogens is 380 g/mol. The van der Waals surface area contributed by atoms with Crippen LogP contribution in [0.3, 0.4) is 0 Å². The van der Waals surface area contributed by atoms with Gasteiger partial charge >= 0.3 is 6.03 Å². The Hall–Kier alpha value is -4.18. The Kier molecular flexibility index (Phi) is 4.68. The van der Waals surface area contributed by atoms with E-state index in [2.05, 4.69) is 11.4 Å². The number of urea groups is 1. The molecule has 0 bridgehead atoms. The number of benzene rings is 2. The number of carbonyl (C=O) groups excluding carboxylic acids is 3. The van der Waals surface area contributed by atoms with Gasteiger partial charge in [0.25, 0.3) is 11.8 Å². The molecule has 7 heteroatoms. The monoisotopic (exact) mass is 398 g/mol. The van der Waals surface area contributed by atoms with Crippen LogP contribution in [0.25, 0.3) is 17.0 Å². The number of aromatic nitrogens is 1. The summed E-state index contributed by atoms with van der Waals surface area (Å²) in [4.78, 5) is 39.0. The maximum Gasteiger partial charge on any atom is 0.335 e. The Morgan fingerprint density at radius 3 is 2.57 bits per heavy atom. The Bertz CT molecular complexity index is 1290. The molecule has 1 N–H and O–H groups in total. The van der Waals surface area contributed by atoms with Crippen LogP contribution < -0.4 is 10.2 Å². The first-order valence-electron chi connectivity index (χ1n) is 9.34. The number of nitrogens with one attached hydrogen (secondary N) is 1. The van der Waals surface area contributed by atoms with Gasteiger partial charge in [0, 0.05) is 22.7 Å². The van der Waals surface area contributed by atoms with Crippen molar-refractivity contribution >= 4 is 40.5 Å². The molecule has 1 fully saturated rings. The highest BCUT2D eigenvalue weighted by Gasteiger charge is 2.37. The molecule has 0 radical (unpaired) electrons. The van der Waals surface area contributed by atoms with Gasteiger partial charge < -0.3 is 4.57 Å². The van der Waals surface area contributed by atoms with Crippen molar-refractivity contribution in [2.45, 2.75) is 20.4 Å². The van der Waals surface area contributed by atoms with E-state index in [9.17, 15) is 14.4 Å². The van der Waals surface area contributed by atoms with Crippen molar-refractivity contribution in [1.29, 1.82) is 5.26 Å². The van der Waals surface area contributed by atoms with Crippen LogP contribution in [-0.2, 0) is 16.1 Å². The molecule has 1 aromatic heterocycles. The summed E-state index contributed by atoms with van der Waals surface area (Å²) in [7, 11) is 0. The maximum absolute atomic E-state index is 13.1. The van der Waals surface area contributed by atoms with Crippen LogP contribution in [0.15, 0.2) is 54.2 Å². The Morgan fingerprint density at radius 1 is 1.07 bits per heavy atom. The van der Waals surface area contributed by atoms with Crippen LogP contribution in [0.2, 0.25) is 0 Å². The maximum atomic E-state index is 13.1. The molecule has 1 aliphatic rings. The average Bonchev–Trinajstić information content (AvgIpc) is 3.06. The van der Waals surface area contributed by atoms with Crippen LogP contribution in [0.4, 0.5) is 10.5 Å². The van der Waals surface area contributed by atoms with Gasteiger partial charge in [-0.3, -0.25) is 14.9 Å². The first kappa shape index (κ1) is 19.2.